The number of hydrogen-bond donors (Lipinski definition) is 1. The number of hydrogen-bond acceptors (Lipinski definition) is 4. The number of ether oxygens (including phenoxy) is 1. The summed E-state index contributed by atoms with van der Waals surface area (Å²) in [4.78, 5) is 4.33. The molecule has 19 heavy (non-hydrogen) atoms. The van der Waals surface area contributed by atoms with Gasteiger partial charge in [-0.1, -0.05) is 6.07 Å². The first-order valence-corrected chi connectivity index (χ1v) is 6.90. The van der Waals surface area contributed by atoms with Gasteiger partial charge in [0.2, 0.25) is 0 Å². The molecule has 3 heterocycles. The number of nitrogens with zero attached hydrogens (tertiary/aromatic N) is 3. The van der Waals surface area contributed by atoms with E-state index < -0.39 is 0 Å². The summed E-state index contributed by atoms with van der Waals surface area (Å²) < 4.78 is 8.08. The van der Waals surface area contributed by atoms with Crippen molar-refractivity contribution in [3.8, 4) is 11.5 Å². The van der Waals surface area contributed by atoms with Crippen molar-refractivity contribution in [2.24, 2.45) is 5.92 Å². The molecule has 1 N–H and O–H groups in total. The zero-order valence-electron chi connectivity index (χ0n) is 10.6. The van der Waals surface area contributed by atoms with Crippen LogP contribution >= 0.6 is 12.2 Å². The van der Waals surface area contributed by atoms with Gasteiger partial charge in [-0.3, -0.25) is 14.6 Å². The Morgan fingerprint density at radius 2 is 2.42 bits per heavy atom. The van der Waals surface area contributed by atoms with Crippen molar-refractivity contribution in [3.05, 3.63) is 29.2 Å². The average molecular weight is 276 g/mol. The van der Waals surface area contributed by atoms with E-state index in [1.165, 1.54) is 0 Å². The molecule has 0 aromatic carbocycles. The normalized spacial score (nSPS) is 18.8. The Kier molecular flexibility index (Phi) is 3.70. The monoisotopic (exact) mass is 276 g/mol. The molecule has 1 aliphatic heterocycles. The summed E-state index contributed by atoms with van der Waals surface area (Å²) in [5.41, 5.74) is 0.845. The van der Waals surface area contributed by atoms with Gasteiger partial charge < -0.3 is 4.74 Å². The van der Waals surface area contributed by atoms with Gasteiger partial charge in [-0.15, -0.1) is 0 Å². The van der Waals surface area contributed by atoms with Crippen LogP contribution in [0.25, 0.3) is 11.5 Å². The number of nitrogens with one attached hydrogen (secondary N) is 1. The molecule has 6 heteroatoms. The van der Waals surface area contributed by atoms with Crippen molar-refractivity contribution in [3.63, 3.8) is 0 Å². The fourth-order valence-corrected chi connectivity index (χ4v) is 2.56. The predicted molar refractivity (Wildman–Crippen MR) is 74.2 cm³/mol. The molecule has 5 nitrogen and oxygen atoms in total. The molecule has 3 rings (SSSR count). The minimum absolute atomic E-state index is 0.633. The Morgan fingerprint density at radius 1 is 1.47 bits per heavy atom. The van der Waals surface area contributed by atoms with Crippen LogP contribution in [0, 0.1) is 10.7 Å². The van der Waals surface area contributed by atoms with Crippen molar-refractivity contribution in [1.82, 2.24) is 19.7 Å². The number of pyridine rings is 1. The van der Waals surface area contributed by atoms with Gasteiger partial charge in [-0.2, -0.15) is 5.10 Å². The van der Waals surface area contributed by atoms with Gasteiger partial charge in [-0.25, -0.2) is 0 Å². The molecule has 0 bridgehead atoms. The molecular formula is C13H16N4OS. The highest BCUT2D eigenvalue weighted by atomic mass is 32.1. The lowest BCUT2D eigenvalue weighted by Crippen LogP contribution is -2.08. The molecule has 0 amide bonds. The molecular weight excluding hydrogens is 260 g/mol. The molecule has 1 saturated heterocycles. The van der Waals surface area contributed by atoms with E-state index >= 15 is 0 Å². The Hall–Kier alpha value is -1.53. The van der Waals surface area contributed by atoms with E-state index in [9.17, 15) is 0 Å². The van der Waals surface area contributed by atoms with Crippen molar-refractivity contribution < 1.29 is 4.74 Å². The van der Waals surface area contributed by atoms with E-state index in [0.717, 1.165) is 44.1 Å². The standard InChI is InChI=1S/C13H16N4OS/c19-13-16-15-12(11-3-1-2-6-14-11)17(13)7-4-10-5-8-18-9-10/h1-3,6,10H,4-5,7-9H2,(H,16,19). The van der Waals surface area contributed by atoms with Gasteiger partial charge in [-0.05, 0) is 43.1 Å². The van der Waals surface area contributed by atoms with Crippen LogP contribution in [0.15, 0.2) is 24.4 Å². The van der Waals surface area contributed by atoms with E-state index in [0.29, 0.717) is 10.7 Å². The van der Waals surface area contributed by atoms with Gasteiger partial charge in [0.15, 0.2) is 10.6 Å². The van der Waals surface area contributed by atoms with Crippen molar-refractivity contribution in [2.45, 2.75) is 19.4 Å². The zero-order valence-corrected chi connectivity index (χ0v) is 11.4. The van der Waals surface area contributed by atoms with Crippen LogP contribution in [0.5, 0.6) is 0 Å². The lowest BCUT2D eigenvalue weighted by molar-refractivity contribution is 0.183. The van der Waals surface area contributed by atoms with E-state index in [1.54, 1.807) is 6.20 Å². The predicted octanol–water partition coefficient (Wildman–Crippen LogP) is 2.43. The topological polar surface area (TPSA) is 55.7 Å². The fraction of sp³-hybridized carbons (Fsp3) is 0.462. The molecule has 1 unspecified atom stereocenters. The summed E-state index contributed by atoms with van der Waals surface area (Å²) in [7, 11) is 0. The number of aromatic amines is 1. The van der Waals surface area contributed by atoms with Crippen LogP contribution in [0.2, 0.25) is 0 Å². The van der Waals surface area contributed by atoms with Crippen molar-refractivity contribution in [2.75, 3.05) is 13.2 Å². The molecule has 1 fully saturated rings. The molecule has 1 aliphatic rings. The molecule has 0 spiro atoms. The first-order valence-electron chi connectivity index (χ1n) is 6.49. The number of rotatable bonds is 4. The third-order valence-electron chi connectivity index (χ3n) is 3.44. The van der Waals surface area contributed by atoms with E-state index in [1.807, 2.05) is 22.8 Å². The molecule has 2 aromatic rings. The highest BCUT2D eigenvalue weighted by Gasteiger charge is 2.17. The maximum atomic E-state index is 5.40. The maximum Gasteiger partial charge on any atom is 0.195 e. The van der Waals surface area contributed by atoms with Crippen LogP contribution in [-0.2, 0) is 11.3 Å². The second-order valence-corrected chi connectivity index (χ2v) is 5.12. The first-order chi connectivity index (χ1) is 9.34. The van der Waals surface area contributed by atoms with E-state index in [-0.39, 0.29) is 0 Å². The molecule has 0 aliphatic carbocycles. The molecule has 0 radical (unpaired) electrons. The van der Waals surface area contributed by atoms with E-state index in [2.05, 4.69) is 15.2 Å². The highest BCUT2D eigenvalue weighted by molar-refractivity contribution is 7.71. The summed E-state index contributed by atoms with van der Waals surface area (Å²) in [6.45, 7) is 2.61. The molecule has 1 atom stereocenters. The maximum absolute atomic E-state index is 5.40. The highest BCUT2D eigenvalue weighted by Crippen LogP contribution is 2.20. The van der Waals surface area contributed by atoms with Gasteiger partial charge in [0, 0.05) is 26.0 Å². The van der Waals surface area contributed by atoms with E-state index in [4.69, 9.17) is 17.0 Å². The summed E-state index contributed by atoms with van der Waals surface area (Å²) in [6.07, 6.45) is 3.97. The lowest BCUT2D eigenvalue weighted by atomic mass is 10.1. The minimum Gasteiger partial charge on any atom is -0.381 e. The Morgan fingerprint density at radius 3 is 3.16 bits per heavy atom. The summed E-state index contributed by atoms with van der Waals surface area (Å²) in [5, 5.41) is 7.14. The van der Waals surface area contributed by atoms with Gasteiger partial charge in [0.05, 0.1) is 0 Å². The van der Waals surface area contributed by atoms with Crippen LogP contribution in [0.3, 0.4) is 0 Å². The van der Waals surface area contributed by atoms with Crippen LogP contribution in [-0.4, -0.2) is 33.0 Å². The number of H-pyrrole nitrogens is 1. The van der Waals surface area contributed by atoms with Gasteiger partial charge in [0.1, 0.15) is 5.69 Å². The van der Waals surface area contributed by atoms with Crippen molar-refractivity contribution in [1.29, 1.82) is 0 Å². The third-order valence-corrected chi connectivity index (χ3v) is 3.75. The summed E-state index contributed by atoms with van der Waals surface area (Å²) in [6, 6.07) is 5.79. The second kappa shape index (κ2) is 5.63. The van der Waals surface area contributed by atoms with Crippen LogP contribution < -0.4 is 0 Å². The quantitative estimate of drug-likeness (QED) is 0.871. The Bertz CT molecular complexity index is 586. The van der Waals surface area contributed by atoms with Crippen LogP contribution in [0.1, 0.15) is 12.8 Å². The van der Waals surface area contributed by atoms with Gasteiger partial charge in [0.25, 0.3) is 0 Å². The molecule has 0 saturated carbocycles. The first kappa shape index (κ1) is 12.5. The SMILES string of the molecule is S=c1[nH]nc(-c2ccccn2)n1CCC1CCOC1. The summed E-state index contributed by atoms with van der Waals surface area (Å²) in [5.74, 6) is 1.44. The third kappa shape index (κ3) is 2.74. The Balaban J connectivity index is 1.80. The second-order valence-electron chi connectivity index (χ2n) is 4.74. The van der Waals surface area contributed by atoms with Gasteiger partial charge >= 0.3 is 0 Å². The average Bonchev–Trinajstić information content (AvgIpc) is 3.07. The van der Waals surface area contributed by atoms with Crippen molar-refractivity contribution >= 4 is 12.2 Å². The molecule has 100 valence electrons. The largest absolute Gasteiger partial charge is 0.381 e. The van der Waals surface area contributed by atoms with Crippen LogP contribution in [0.4, 0.5) is 0 Å². The summed E-state index contributed by atoms with van der Waals surface area (Å²) >= 11 is 5.30. The smallest absolute Gasteiger partial charge is 0.195 e. The minimum atomic E-state index is 0.633. The Labute approximate surface area is 116 Å². The lowest BCUT2D eigenvalue weighted by Gasteiger charge is -2.09. The fourth-order valence-electron chi connectivity index (χ4n) is 2.34. The number of aromatic nitrogens is 4. The zero-order chi connectivity index (χ0) is 13.1. The molecule has 2 aromatic heterocycles.